The molecule has 104 valence electrons. The number of nitrogens with zero attached hydrogens (tertiary/aromatic N) is 3. The maximum atomic E-state index is 12.2. The molecule has 3 rings (SSSR count). The summed E-state index contributed by atoms with van der Waals surface area (Å²) < 4.78 is 1.78. The Balaban J connectivity index is 1.62. The third kappa shape index (κ3) is 2.36. The van der Waals surface area contributed by atoms with Crippen molar-refractivity contribution >= 4 is 5.91 Å². The zero-order chi connectivity index (χ0) is 13.4. The molecule has 1 aliphatic heterocycles. The van der Waals surface area contributed by atoms with Crippen LogP contribution < -0.4 is 10.6 Å². The highest BCUT2D eigenvalue weighted by molar-refractivity contribution is 5.92. The Bertz CT molecular complexity index is 467. The van der Waals surface area contributed by atoms with Crippen LogP contribution in [0.3, 0.4) is 0 Å². The zero-order valence-corrected chi connectivity index (χ0v) is 11.5. The molecule has 0 bridgehead atoms. The Labute approximate surface area is 112 Å². The number of amides is 1. The van der Waals surface area contributed by atoms with Crippen molar-refractivity contribution in [1.29, 1.82) is 0 Å². The molecule has 6 heteroatoms. The van der Waals surface area contributed by atoms with Gasteiger partial charge in [0.25, 0.3) is 5.91 Å². The summed E-state index contributed by atoms with van der Waals surface area (Å²) in [5.74, 6) is 1.13. The van der Waals surface area contributed by atoms with Crippen molar-refractivity contribution < 1.29 is 4.79 Å². The Kier molecular flexibility index (Phi) is 3.26. The molecular formula is C13H21N5O. The average Bonchev–Trinajstić information content (AvgIpc) is 2.90. The molecule has 0 radical (unpaired) electrons. The van der Waals surface area contributed by atoms with Gasteiger partial charge in [0.05, 0.1) is 12.2 Å². The molecular weight excluding hydrogens is 242 g/mol. The number of carbonyl (C=O) groups excluding carboxylic acids is 1. The van der Waals surface area contributed by atoms with E-state index in [2.05, 4.69) is 34.8 Å². The Morgan fingerprint density at radius 2 is 2.21 bits per heavy atom. The minimum absolute atomic E-state index is 0.0931. The van der Waals surface area contributed by atoms with Crippen molar-refractivity contribution in [2.24, 2.45) is 11.8 Å². The fourth-order valence-corrected chi connectivity index (χ4v) is 2.83. The van der Waals surface area contributed by atoms with Crippen molar-refractivity contribution in [2.75, 3.05) is 13.1 Å². The average molecular weight is 263 g/mol. The van der Waals surface area contributed by atoms with E-state index in [1.807, 2.05) is 0 Å². The minimum Gasteiger partial charge on any atom is -0.348 e. The summed E-state index contributed by atoms with van der Waals surface area (Å²) in [5, 5.41) is 14.3. The second-order valence-electron chi connectivity index (χ2n) is 5.89. The molecule has 1 amide bonds. The lowest BCUT2D eigenvalue weighted by Gasteiger charge is -2.26. The van der Waals surface area contributed by atoms with Gasteiger partial charge in [0.1, 0.15) is 0 Å². The van der Waals surface area contributed by atoms with Crippen molar-refractivity contribution in [3.63, 3.8) is 0 Å². The van der Waals surface area contributed by atoms with Crippen LogP contribution in [0.1, 0.15) is 43.2 Å². The van der Waals surface area contributed by atoms with E-state index < -0.39 is 0 Å². The first kappa shape index (κ1) is 12.6. The molecule has 3 atom stereocenters. The van der Waals surface area contributed by atoms with Gasteiger partial charge in [-0.1, -0.05) is 19.1 Å². The molecule has 1 aliphatic carbocycles. The first-order chi connectivity index (χ1) is 9.15. The topological polar surface area (TPSA) is 71.8 Å². The van der Waals surface area contributed by atoms with Crippen LogP contribution in [0.4, 0.5) is 0 Å². The highest BCUT2D eigenvalue weighted by atomic mass is 16.2. The molecule has 0 spiro atoms. The van der Waals surface area contributed by atoms with E-state index in [9.17, 15) is 4.79 Å². The smallest absolute Gasteiger partial charge is 0.273 e. The normalized spacial score (nSPS) is 31.2. The van der Waals surface area contributed by atoms with Gasteiger partial charge in [-0.3, -0.25) is 4.79 Å². The number of hydrogen-bond donors (Lipinski definition) is 2. The highest BCUT2D eigenvalue weighted by Crippen LogP contribution is 2.31. The third-order valence-electron chi connectivity index (χ3n) is 4.66. The Morgan fingerprint density at radius 3 is 2.79 bits per heavy atom. The first-order valence-electron chi connectivity index (χ1n) is 7.08. The monoisotopic (exact) mass is 263 g/mol. The van der Waals surface area contributed by atoms with Gasteiger partial charge in [-0.2, -0.15) is 0 Å². The van der Waals surface area contributed by atoms with Crippen molar-refractivity contribution in [1.82, 2.24) is 25.6 Å². The quantitative estimate of drug-likeness (QED) is 0.837. The maximum Gasteiger partial charge on any atom is 0.273 e. The summed E-state index contributed by atoms with van der Waals surface area (Å²) in [5.41, 5.74) is 0.429. The van der Waals surface area contributed by atoms with E-state index in [0.717, 1.165) is 19.5 Å². The fourth-order valence-electron chi connectivity index (χ4n) is 2.83. The van der Waals surface area contributed by atoms with Gasteiger partial charge in [0, 0.05) is 19.1 Å². The van der Waals surface area contributed by atoms with E-state index in [-0.39, 0.29) is 11.9 Å². The number of hydrogen-bond acceptors (Lipinski definition) is 4. The van der Waals surface area contributed by atoms with E-state index in [1.165, 1.54) is 6.42 Å². The summed E-state index contributed by atoms with van der Waals surface area (Å²) in [6.45, 7) is 6.26. The molecule has 1 aromatic rings. The molecule has 3 unspecified atom stereocenters. The second-order valence-corrected chi connectivity index (χ2v) is 5.89. The maximum absolute atomic E-state index is 12.2. The molecule has 2 aliphatic rings. The number of nitrogens with one attached hydrogen (secondary N) is 2. The molecule has 19 heavy (non-hydrogen) atoms. The molecule has 6 nitrogen and oxygen atoms in total. The molecule has 2 N–H and O–H groups in total. The highest BCUT2D eigenvalue weighted by Gasteiger charge is 2.31. The summed E-state index contributed by atoms with van der Waals surface area (Å²) in [7, 11) is 0. The van der Waals surface area contributed by atoms with Crippen LogP contribution >= 0.6 is 0 Å². The van der Waals surface area contributed by atoms with Crippen molar-refractivity contribution in [2.45, 2.75) is 38.8 Å². The number of aromatic nitrogens is 3. The van der Waals surface area contributed by atoms with Crippen LogP contribution in [0.15, 0.2) is 6.20 Å². The Hall–Kier alpha value is -1.43. The SMILES string of the molecule is CC1CCC(NC(=O)c2cn(C3CNC3)nn2)C1C. The molecule has 1 aromatic heterocycles. The lowest BCUT2D eigenvalue weighted by Crippen LogP contribution is -2.43. The summed E-state index contributed by atoms with van der Waals surface area (Å²) in [4.78, 5) is 12.2. The molecule has 2 fully saturated rings. The molecule has 2 heterocycles. The van der Waals surface area contributed by atoms with Crippen molar-refractivity contribution in [3.05, 3.63) is 11.9 Å². The van der Waals surface area contributed by atoms with E-state index in [1.54, 1.807) is 10.9 Å². The van der Waals surface area contributed by atoms with Gasteiger partial charge in [-0.15, -0.1) is 5.10 Å². The summed E-state index contributed by atoms with van der Waals surface area (Å²) in [6.07, 6.45) is 4.01. The molecule has 1 saturated carbocycles. The fraction of sp³-hybridized carbons (Fsp3) is 0.769. The van der Waals surface area contributed by atoms with Gasteiger partial charge in [0.15, 0.2) is 5.69 Å². The van der Waals surface area contributed by atoms with Crippen LogP contribution in [-0.4, -0.2) is 40.0 Å². The van der Waals surface area contributed by atoms with E-state index >= 15 is 0 Å². The van der Waals surface area contributed by atoms with E-state index in [0.29, 0.717) is 23.6 Å². The Morgan fingerprint density at radius 1 is 1.42 bits per heavy atom. The molecule has 0 aromatic carbocycles. The largest absolute Gasteiger partial charge is 0.348 e. The van der Waals surface area contributed by atoms with Crippen LogP contribution in [-0.2, 0) is 0 Å². The third-order valence-corrected chi connectivity index (χ3v) is 4.66. The summed E-state index contributed by atoms with van der Waals surface area (Å²) in [6, 6.07) is 0.623. The van der Waals surface area contributed by atoms with Crippen LogP contribution in [0.5, 0.6) is 0 Å². The van der Waals surface area contributed by atoms with Gasteiger partial charge < -0.3 is 10.6 Å². The van der Waals surface area contributed by atoms with Crippen LogP contribution in [0, 0.1) is 11.8 Å². The van der Waals surface area contributed by atoms with E-state index in [4.69, 9.17) is 0 Å². The summed E-state index contributed by atoms with van der Waals surface area (Å²) >= 11 is 0. The zero-order valence-electron chi connectivity index (χ0n) is 11.5. The first-order valence-corrected chi connectivity index (χ1v) is 7.08. The van der Waals surface area contributed by atoms with Gasteiger partial charge in [0.2, 0.25) is 0 Å². The number of carbonyl (C=O) groups is 1. The predicted molar refractivity (Wildman–Crippen MR) is 70.7 cm³/mol. The number of rotatable bonds is 3. The lowest BCUT2D eigenvalue weighted by molar-refractivity contribution is 0.0922. The van der Waals surface area contributed by atoms with Gasteiger partial charge in [-0.25, -0.2) is 4.68 Å². The lowest BCUT2D eigenvalue weighted by atomic mass is 9.98. The van der Waals surface area contributed by atoms with Crippen LogP contribution in [0.2, 0.25) is 0 Å². The van der Waals surface area contributed by atoms with Crippen molar-refractivity contribution in [3.8, 4) is 0 Å². The second kappa shape index (κ2) is 4.92. The standard InChI is InChI=1S/C13H21N5O/c1-8-3-4-11(9(8)2)15-13(19)12-7-18(17-16-12)10-5-14-6-10/h7-11,14H,3-6H2,1-2H3,(H,15,19). The predicted octanol–water partition coefficient (Wildman–Crippen LogP) is 0.587. The van der Waals surface area contributed by atoms with Crippen LogP contribution in [0.25, 0.3) is 0 Å². The molecule has 1 saturated heterocycles. The minimum atomic E-state index is -0.0931. The van der Waals surface area contributed by atoms with Gasteiger partial charge in [-0.05, 0) is 24.7 Å². The van der Waals surface area contributed by atoms with Gasteiger partial charge >= 0.3 is 0 Å².